The Hall–Kier alpha value is -2.60. The van der Waals surface area contributed by atoms with Crippen LogP contribution in [-0.4, -0.2) is 42.4 Å². The number of pyridine rings is 1. The number of benzene rings is 1. The molecule has 122 valence electrons. The second-order valence-electron chi connectivity index (χ2n) is 5.38. The van der Waals surface area contributed by atoms with Gasteiger partial charge in [-0.3, -0.25) is 0 Å². The van der Waals surface area contributed by atoms with Gasteiger partial charge < -0.3 is 24.4 Å². The first-order valence-corrected chi connectivity index (χ1v) is 7.43. The van der Waals surface area contributed by atoms with E-state index in [1.807, 2.05) is 0 Å². The van der Waals surface area contributed by atoms with Crippen molar-refractivity contribution in [2.24, 2.45) is 0 Å². The van der Waals surface area contributed by atoms with E-state index in [-0.39, 0.29) is 6.61 Å². The van der Waals surface area contributed by atoms with E-state index < -0.39 is 7.12 Å². The van der Waals surface area contributed by atoms with E-state index in [1.165, 1.54) is 0 Å². The maximum absolute atomic E-state index is 9.64. The fourth-order valence-electron chi connectivity index (χ4n) is 2.50. The molecule has 0 unspecified atom stereocenters. The van der Waals surface area contributed by atoms with Gasteiger partial charge in [0.05, 0.1) is 19.8 Å². The lowest BCUT2D eigenvalue weighted by atomic mass is 9.80. The first-order valence-electron chi connectivity index (χ1n) is 7.43. The molecule has 1 aliphatic heterocycles. The largest absolute Gasteiger partial charge is 0.491 e. The highest BCUT2D eigenvalue weighted by Gasteiger charge is 2.27. The van der Waals surface area contributed by atoms with Gasteiger partial charge in [0.25, 0.3) is 0 Å². The zero-order valence-electron chi connectivity index (χ0n) is 13.1. The second kappa shape index (κ2) is 6.89. The monoisotopic (exact) mass is 325 g/mol. The van der Waals surface area contributed by atoms with Crippen molar-refractivity contribution in [3.8, 4) is 11.6 Å². The van der Waals surface area contributed by atoms with Crippen molar-refractivity contribution in [1.82, 2.24) is 4.98 Å². The molecule has 0 fully saturated rings. The minimum Gasteiger partial charge on any atom is -0.439 e. The van der Waals surface area contributed by atoms with Crippen molar-refractivity contribution in [1.29, 1.82) is 0 Å². The van der Waals surface area contributed by atoms with Gasteiger partial charge in [-0.05, 0) is 35.3 Å². The molecule has 0 saturated carbocycles. The molecule has 0 spiro atoms. The number of aliphatic hydroxyl groups is 1. The second-order valence-corrected chi connectivity index (χ2v) is 5.38. The Kier molecular flexibility index (Phi) is 4.67. The Bertz CT molecular complexity index is 793. The van der Waals surface area contributed by atoms with E-state index in [0.717, 1.165) is 11.0 Å². The summed E-state index contributed by atoms with van der Waals surface area (Å²) >= 11 is 0. The van der Waals surface area contributed by atoms with Crippen LogP contribution in [-0.2, 0) is 11.3 Å². The zero-order valence-corrected chi connectivity index (χ0v) is 13.1. The summed E-state index contributed by atoms with van der Waals surface area (Å²) in [4.78, 5) is 9.51. The summed E-state index contributed by atoms with van der Waals surface area (Å²) in [6.45, 7) is 7.89. The first kappa shape index (κ1) is 16.3. The molecule has 0 atom stereocenters. The average molecular weight is 325 g/mol. The molecule has 2 N–H and O–H groups in total. The summed E-state index contributed by atoms with van der Waals surface area (Å²) in [5.74, 6) is 1.38. The number of anilines is 1. The molecule has 1 aromatic carbocycles. The molecule has 7 nitrogen and oxygen atoms in total. The molecule has 0 aliphatic carbocycles. The van der Waals surface area contributed by atoms with Gasteiger partial charge in [0, 0.05) is 13.6 Å². The van der Waals surface area contributed by atoms with Crippen LogP contribution >= 0.6 is 0 Å². The van der Waals surface area contributed by atoms with E-state index in [4.69, 9.17) is 21.1 Å². The van der Waals surface area contributed by atoms with E-state index in [9.17, 15) is 5.02 Å². The van der Waals surface area contributed by atoms with Crippen LogP contribution in [0.1, 0.15) is 5.56 Å². The van der Waals surface area contributed by atoms with Crippen molar-refractivity contribution < 1.29 is 19.5 Å². The van der Waals surface area contributed by atoms with Gasteiger partial charge in [-0.25, -0.2) is 9.83 Å². The summed E-state index contributed by atoms with van der Waals surface area (Å²) in [5.41, 5.74) is 2.00. The lowest BCUT2D eigenvalue weighted by Crippen LogP contribution is -2.27. The third-order valence-electron chi connectivity index (χ3n) is 3.75. The standard InChI is InChI=1S/C16H16BN3O4/c1-18-14-5-6-15(19-16(14)20(2)7-8-21)24-12-3-4-13-11(9-12)10-23-17(13)22/h3-6,9,21-22H,7-8,10H2,2H3. The number of aliphatic hydroxyl groups excluding tert-OH is 1. The molecule has 0 saturated heterocycles. The van der Waals surface area contributed by atoms with E-state index in [1.54, 1.807) is 42.3 Å². The topological polar surface area (TPSA) is 79.4 Å². The first-order chi connectivity index (χ1) is 11.6. The number of likely N-dealkylation sites (N-methyl/N-ethyl adjacent to an activating group) is 1. The van der Waals surface area contributed by atoms with Gasteiger partial charge in [-0.2, -0.15) is 0 Å². The molecule has 8 heteroatoms. The molecule has 0 amide bonds. The van der Waals surface area contributed by atoms with Crippen LogP contribution in [0.4, 0.5) is 11.5 Å². The molecule has 1 aromatic heterocycles. The van der Waals surface area contributed by atoms with Crippen molar-refractivity contribution in [2.75, 3.05) is 25.1 Å². The smallest absolute Gasteiger partial charge is 0.439 e. The lowest BCUT2D eigenvalue weighted by Gasteiger charge is -2.19. The normalized spacial score (nSPS) is 12.7. The number of hydrogen-bond acceptors (Lipinski definition) is 6. The predicted octanol–water partition coefficient (Wildman–Crippen LogP) is 1.07. The van der Waals surface area contributed by atoms with Crippen LogP contribution < -0.4 is 15.1 Å². The molecule has 3 rings (SSSR count). The van der Waals surface area contributed by atoms with Crippen LogP contribution in [0.15, 0.2) is 30.3 Å². The fraction of sp³-hybridized carbons (Fsp3) is 0.250. The van der Waals surface area contributed by atoms with Crippen molar-refractivity contribution in [3.63, 3.8) is 0 Å². The number of nitrogens with zero attached hydrogens (tertiary/aromatic N) is 3. The Balaban J connectivity index is 1.85. The average Bonchev–Trinajstić information content (AvgIpc) is 2.95. The van der Waals surface area contributed by atoms with Crippen molar-refractivity contribution >= 4 is 24.1 Å². The van der Waals surface area contributed by atoms with Crippen molar-refractivity contribution in [2.45, 2.75) is 6.61 Å². The molecular weight excluding hydrogens is 309 g/mol. The third kappa shape index (κ3) is 3.19. The number of hydrogen-bond donors (Lipinski definition) is 2. The molecule has 0 bridgehead atoms. The van der Waals surface area contributed by atoms with Crippen LogP contribution in [0, 0.1) is 6.57 Å². The van der Waals surface area contributed by atoms with E-state index in [0.29, 0.717) is 36.3 Å². The lowest BCUT2D eigenvalue weighted by molar-refractivity contribution is 0.275. The third-order valence-corrected chi connectivity index (χ3v) is 3.75. The fourth-order valence-corrected chi connectivity index (χ4v) is 2.50. The summed E-state index contributed by atoms with van der Waals surface area (Å²) in [6, 6.07) is 8.56. The SMILES string of the molecule is [C-]#[N+]c1ccc(Oc2ccc3c(c2)COB3O)nc1N(C)CCO. The van der Waals surface area contributed by atoms with Crippen LogP contribution in [0.3, 0.4) is 0 Å². The van der Waals surface area contributed by atoms with Gasteiger partial charge in [0.15, 0.2) is 0 Å². The number of rotatable bonds is 5. The molecule has 0 radical (unpaired) electrons. The molecule has 2 heterocycles. The zero-order chi connectivity index (χ0) is 17.1. The number of aromatic nitrogens is 1. The minimum atomic E-state index is -0.885. The van der Waals surface area contributed by atoms with Crippen LogP contribution in [0.2, 0.25) is 0 Å². The summed E-state index contributed by atoms with van der Waals surface area (Å²) in [5, 5.41) is 18.7. The van der Waals surface area contributed by atoms with E-state index >= 15 is 0 Å². The molecule has 24 heavy (non-hydrogen) atoms. The maximum atomic E-state index is 9.64. The van der Waals surface area contributed by atoms with Gasteiger partial charge in [-0.1, -0.05) is 6.07 Å². The highest BCUT2D eigenvalue weighted by atomic mass is 16.5. The highest BCUT2D eigenvalue weighted by molar-refractivity contribution is 6.61. The van der Waals surface area contributed by atoms with Gasteiger partial charge in [0.1, 0.15) is 11.6 Å². The Labute approximate surface area is 140 Å². The molecule has 2 aromatic rings. The predicted molar refractivity (Wildman–Crippen MR) is 89.8 cm³/mol. The quantitative estimate of drug-likeness (QED) is 0.632. The highest BCUT2D eigenvalue weighted by Crippen LogP contribution is 2.30. The van der Waals surface area contributed by atoms with Crippen LogP contribution in [0.25, 0.3) is 4.85 Å². The van der Waals surface area contributed by atoms with Crippen LogP contribution in [0.5, 0.6) is 11.6 Å². The number of fused-ring (bicyclic) bond motifs is 1. The van der Waals surface area contributed by atoms with Gasteiger partial charge >= 0.3 is 7.12 Å². The van der Waals surface area contributed by atoms with Crippen molar-refractivity contribution in [3.05, 3.63) is 47.3 Å². The van der Waals surface area contributed by atoms with E-state index in [2.05, 4.69) is 9.83 Å². The maximum Gasteiger partial charge on any atom is 0.491 e. The summed E-state index contributed by atoms with van der Waals surface area (Å²) < 4.78 is 10.9. The van der Waals surface area contributed by atoms with Gasteiger partial charge in [0.2, 0.25) is 11.6 Å². The number of ether oxygens (including phenoxy) is 1. The summed E-state index contributed by atoms with van der Waals surface area (Å²) in [7, 11) is 0.870. The van der Waals surface area contributed by atoms with Gasteiger partial charge in [-0.15, -0.1) is 0 Å². The summed E-state index contributed by atoms with van der Waals surface area (Å²) in [6.07, 6.45) is 0. The minimum absolute atomic E-state index is 0.0339. The Morgan fingerprint density at radius 2 is 2.25 bits per heavy atom. The molecular formula is C16H16BN3O4. The Morgan fingerprint density at radius 3 is 3.00 bits per heavy atom. The molecule has 1 aliphatic rings. The Morgan fingerprint density at radius 1 is 1.42 bits per heavy atom.